The van der Waals surface area contributed by atoms with E-state index in [1.54, 1.807) is 24.8 Å². The first-order chi connectivity index (χ1) is 15.2. The van der Waals surface area contributed by atoms with E-state index in [9.17, 15) is 4.79 Å². The van der Waals surface area contributed by atoms with Gasteiger partial charge < -0.3 is 10.2 Å². The summed E-state index contributed by atoms with van der Waals surface area (Å²) in [7, 11) is 0. The number of pyridine rings is 1. The average Bonchev–Trinajstić information content (AvgIpc) is 3.25. The van der Waals surface area contributed by atoms with Crippen molar-refractivity contribution in [3.63, 3.8) is 0 Å². The smallest absolute Gasteiger partial charge is 0.230 e. The molecule has 4 heterocycles. The number of nitrogens with one attached hydrogen (secondary N) is 1. The number of carbonyl (C=O) groups is 1. The molecule has 1 unspecified atom stereocenters. The van der Waals surface area contributed by atoms with Gasteiger partial charge >= 0.3 is 0 Å². The van der Waals surface area contributed by atoms with E-state index in [1.165, 1.54) is 0 Å². The van der Waals surface area contributed by atoms with Crippen LogP contribution in [0.2, 0.25) is 0 Å². The number of piperidine rings is 1. The van der Waals surface area contributed by atoms with Gasteiger partial charge in [-0.15, -0.1) is 0 Å². The van der Waals surface area contributed by atoms with Gasteiger partial charge in [-0.25, -0.2) is 19.6 Å². The first-order valence-corrected chi connectivity index (χ1v) is 10.9. The molecular formula is C22H20BrN7O. The summed E-state index contributed by atoms with van der Waals surface area (Å²) in [6.45, 7) is 1.42. The molecule has 156 valence electrons. The Morgan fingerprint density at radius 1 is 1.06 bits per heavy atom. The minimum atomic E-state index is -0.145. The van der Waals surface area contributed by atoms with E-state index in [0.717, 1.165) is 46.4 Å². The highest BCUT2D eigenvalue weighted by molar-refractivity contribution is 9.10. The van der Waals surface area contributed by atoms with Crippen molar-refractivity contribution in [2.75, 3.05) is 23.3 Å². The molecule has 0 spiro atoms. The lowest BCUT2D eigenvalue weighted by molar-refractivity contribution is -0.120. The van der Waals surface area contributed by atoms with E-state index in [-0.39, 0.29) is 11.8 Å². The Bertz CT molecular complexity index is 1210. The largest absolute Gasteiger partial charge is 0.355 e. The van der Waals surface area contributed by atoms with Gasteiger partial charge in [-0.3, -0.25) is 4.79 Å². The summed E-state index contributed by atoms with van der Waals surface area (Å²) in [6.07, 6.45) is 6.77. The second-order valence-electron chi connectivity index (χ2n) is 7.46. The molecule has 0 bridgehead atoms. The highest BCUT2D eigenvalue weighted by Crippen LogP contribution is 2.29. The SMILES string of the molecule is O=C(Nc1ccc(Br)cn1)C1CCCN(c2ncnc3c2cnn3-c2ccccc2)C1. The van der Waals surface area contributed by atoms with Crippen LogP contribution in [0.4, 0.5) is 11.6 Å². The Morgan fingerprint density at radius 2 is 1.94 bits per heavy atom. The van der Waals surface area contributed by atoms with Crippen LogP contribution in [0.1, 0.15) is 12.8 Å². The fourth-order valence-corrected chi connectivity index (χ4v) is 4.14. The maximum atomic E-state index is 12.8. The Kier molecular flexibility index (Phi) is 5.33. The first kappa shape index (κ1) is 19.6. The lowest BCUT2D eigenvalue weighted by Crippen LogP contribution is -2.41. The maximum Gasteiger partial charge on any atom is 0.230 e. The number of benzene rings is 1. The molecule has 1 N–H and O–H groups in total. The molecule has 1 aliphatic heterocycles. The van der Waals surface area contributed by atoms with Crippen molar-refractivity contribution in [2.45, 2.75) is 12.8 Å². The molecule has 1 aromatic carbocycles. The highest BCUT2D eigenvalue weighted by Gasteiger charge is 2.28. The molecule has 31 heavy (non-hydrogen) atoms. The molecule has 1 atom stereocenters. The van der Waals surface area contributed by atoms with Crippen LogP contribution < -0.4 is 10.2 Å². The minimum absolute atomic E-state index is 0.0233. The standard InChI is InChI=1S/C22H20BrN7O/c23-16-8-9-19(24-11-16)28-22(31)15-5-4-10-29(13-15)20-18-12-27-30(21(18)26-14-25-20)17-6-2-1-3-7-17/h1-3,6-9,11-12,14-15H,4-5,10,13H2,(H,24,28,31). The van der Waals surface area contributed by atoms with E-state index in [2.05, 4.69) is 46.2 Å². The third kappa shape index (κ3) is 4.00. The van der Waals surface area contributed by atoms with Crippen LogP contribution in [-0.2, 0) is 4.79 Å². The zero-order valence-corrected chi connectivity index (χ0v) is 18.2. The number of hydrogen-bond donors (Lipinski definition) is 1. The summed E-state index contributed by atoms with van der Waals surface area (Å²) in [5.74, 6) is 1.20. The fraction of sp³-hybridized carbons (Fsp3) is 0.227. The molecule has 1 amide bonds. The molecule has 1 aliphatic rings. The number of nitrogens with zero attached hydrogens (tertiary/aromatic N) is 6. The van der Waals surface area contributed by atoms with E-state index < -0.39 is 0 Å². The van der Waals surface area contributed by atoms with Gasteiger partial charge in [-0.05, 0) is 53.0 Å². The lowest BCUT2D eigenvalue weighted by atomic mass is 9.97. The topological polar surface area (TPSA) is 88.8 Å². The predicted octanol–water partition coefficient (Wildman–Crippen LogP) is 3.83. The monoisotopic (exact) mass is 477 g/mol. The van der Waals surface area contributed by atoms with Crippen molar-refractivity contribution in [3.05, 3.63) is 65.7 Å². The second-order valence-corrected chi connectivity index (χ2v) is 8.38. The highest BCUT2D eigenvalue weighted by atomic mass is 79.9. The molecule has 0 saturated carbocycles. The number of fused-ring (bicyclic) bond motifs is 1. The van der Waals surface area contributed by atoms with Gasteiger partial charge in [0.15, 0.2) is 5.65 Å². The van der Waals surface area contributed by atoms with Gasteiger partial charge in [-0.2, -0.15) is 5.10 Å². The van der Waals surface area contributed by atoms with Gasteiger partial charge in [0.05, 0.1) is 23.2 Å². The molecule has 0 aliphatic carbocycles. The van der Waals surface area contributed by atoms with Crippen LogP contribution in [0.5, 0.6) is 0 Å². The van der Waals surface area contributed by atoms with Crippen molar-refractivity contribution in [3.8, 4) is 5.69 Å². The van der Waals surface area contributed by atoms with Crippen LogP contribution in [0.15, 0.2) is 65.7 Å². The minimum Gasteiger partial charge on any atom is -0.355 e. The quantitative estimate of drug-likeness (QED) is 0.480. The molecule has 3 aromatic heterocycles. The van der Waals surface area contributed by atoms with Crippen LogP contribution in [0, 0.1) is 5.92 Å². The van der Waals surface area contributed by atoms with Crippen LogP contribution in [0.3, 0.4) is 0 Å². The summed E-state index contributed by atoms with van der Waals surface area (Å²) >= 11 is 3.36. The van der Waals surface area contributed by atoms with Crippen molar-refractivity contribution in [1.29, 1.82) is 0 Å². The zero-order valence-electron chi connectivity index (χ0n) is 16.6. The van der Waals surface area contributed by atoms with Gasteiger partial charge in [0.25, 0.3) is 0 Å². The average molecular weight is 478 g/mol. The Hall–Kier alpha value is -3.33. The van der Waals surface area contributed by atoms with Gasteiger partial charge in [0.2, 0.25) is 5.91 Å². The molecule has 0 radical (unpaired) electrons. The van der Waals surface area contributed by atoms with Crippen LogP contribution in [0.25, 0.3) is 16.7 Å². The van der Waals surface area contributed by atoms with Crippen molar-refractivity contribution >= 4 is 44.5 Å². The normalized spacial score (nSPS) is 16.4. The van der Waals surface area contributed by atoms with Gasteiger partial charge in [-0.1, -0.05) is 18.2 Å². The van der Waals surface area contributed by atoms with Gasteiger partial charge in [0, 0.05) is 23.8 Å². The molecule has 5 rings (SSSR count). The fourth-order valence-electron chi connectivity index (χ4n) is 3.90. The summed E-state index contributed by atoms with van der Waals surface area (Å²) in [5, 5.41) is 8.34. The lowest BCUT2D eigenvalue weighted by Gasteiger charge is -2.33. The number of carbonyl (C=O) groups excluding carboxylic acids is 1. The number of aromatic nitrogens is 5. The third-order valence-electron chi connectivity index (χ3n) is 5.42. The molecule has 4 aromatic rings. The van der Waals surface area contributed by atoms with Gasteiger partial charge in [0.1, 0.15) is 18.0 Å². The first-order valence-electron chi connectivity index (χ1n) is 10.1. The maximum absolute atomic E-state index is 12.8. The van der Waals surface area contributed by atoms with Crippen molar-refractivity contribution < 1.29 is 4.79 Å². The Balaban J connectivity index is 1.38. The number of anilines is 2. The van der Waals surface area contributed by atoms with Crippen LogP contribution in [-0.4, -0.2) is 43.7 Å². The zero-order chi connectivity index (χ0) is 21.2. The van der Waals surface area contributed by atoms with E-state index in [4.69, 9.17) is 0 Å². The molecular weight excluding hydrogens is 458 g/mol. The summed E-state index contributed by atoms with van der Waals surface area (Å²) in [6, 6.07) is 13.5. The number of halogens is 1. The number of para-hydroxylation sites is 1. The van der Waals surface area contributed by atoms with E-state index >= 15 is 0 Å². The third-order valence-corrected chi connectivity index (χ3v) is 5.88. The molecule has 9 heteroatoms. The van der Waals surface area contributed by atoms with E-state index in [1.807, 2.05) is 41.1 Å². The van der Waals surface area contributed by atoms with Crippen molar-refractivity contribution in [2.24, 2.45) is 5.92 Å². The Morgan fingerprint density at radius 3 is 2.74 bits per heavy atom. The molecule has 8 nitrogen and oxygen atoms in total. The van der Waals surface area contributed by atoms with Crippen molar-refractivity contribution in [1.82, 2.24) is 24.7 Å². The summed E-state index contributed by atoms with van der Waals surface area (Å²) in [4.78, 5) is 28.2. The Labute approximate surface area is 187 Å². The molecule has 1 saturated heterocycles. The predicted molar refractivity (Wildman–Crippen MR) is 122 cm³/mol. The summed E-state index contributed by atoms with van der Waals surface area (Å²) in [5.41, 5.74) is 1.70. The number of hydrogen-bond acceptors (Lipinski definition) is 6. The second kappa shape index (κ2) is 8.43. The summed E-state index contributed by atoms with van der Waals surface area (Å²) < 4.78 is 2.69. The van der Waals surface area contributed by atoms with E-state index in [0.29, 0.717) is 12.4 Å². The molecule has 1 fully saturated rings. The number of rotatable bonds is 4. The van der Waals surface area contributed by atoms with Crippen LogP contribution >= 0.6 is 15.9 Å². The number of amides is 1.